The Bertz CT molecular complexity index is 301. The van der Waals surface area contributed by atoms with E-state index < -0.39 is 5.24 Å². The fraction of sp³-hybridized carbons (Fsp3) is 0.467. The Kier molecular flexibility index (Phi) is 25.0. The Morgan fingerprint density at radius 3 is 1.14 bits per heavy atom. The fourth-order valence-corrected chi connectivity index (χ4v) is 0.738. The van der Waals surface area contributed by atoms with Gasteiger partial charge in [-0.05, 0) is 0 Å². The number of rotatable bonds is 2. The molecule has 0 radical (unpaired) electrons. The third kappa shape index (κ3) is 45.5. The van der Waals surface area contributed by atoms with E-state index in [9.17, 15) is 4.79 Å². The van der Waals surface area contributed by atoms with Gasteiger partial charge in [0.2, 0.25) is 0 Å². The number of amides is 2. The number of hydrogen-bond acceptors (Lipinski definition) is 2. The molecule has 0 aromatic heterocycles. The zero-order chi connectivity index (χ0) is 17.1. The second-order valence-electron chi connectivity index (χ2n) is 4.02. The lowest BCUT2D eigenvalue weighted by atomic mass is 10.3. The Morgan fingerprint density at radius 1 is 0.905 bits per heavy atom. The van der Waals surface area contributed by atoms with Crippen LogP contribution in [0.4, 0.5) is 9.59 Å². The highest BCUT2D eigenvalue weighted by atomic mass is 32.1. The lowest BCUT2D eigenvalue weighted by molar-refractivity contribution is 0.241. The predicted octanol–water partition coefficient (Wildman–Crippen LogP) is 4.48. The van der Waals surface area contributed by atoms with Crippen LogP contribution < -0.4 is 5.73 Å². The van der Waals surface area contributed by atoms with Crippen LogP contribution in [0.2, 0.25) is 0 Å². The SMILES string of the molecule is CCCCC.CN(C)C(=O)S.NC(=O)S.c1ccccc1. The highest BCUT2D eigenvalue weighted by molar-refractivity contribution is 7.96. The number of unbranched alkanes of at least 4 members (excludes halogenated alkanes) is 2. The molecule has 0 saturated carbocycles. The van der Waals surface area contributed by atoms with E-state index in [2.05, 4.69) is 44.8 Å². The molecular weight excluding hydrogens is 304 g/mol. The number of nitrogens with two attached hydrogens (primary N) is 1. The van der Waals surface area contributed by atoms with Crippen molar-refractivity contribution in [1.29, 1.82) is 0 Å². The van der Waals surface area contributed by atoms with Gasteiger partial charge < -0.3 is 10.6 Å². The molecule has 0 atom stereocenters. The molecule has 0 fully saturated rings. The average molecular weight is 333 g/mol. The van der Waals surface area contributed by atoms with E-state index in [0.717, 1.165) is 0 Å². The summed E-state index contributed by atoms with van der Waals surface area (Å²) in [5, 5.41) is -0.852. The maximum atomic E-state index is 9.93. The molecule has 2 amide bonds. The first-order chi connectivity index (χ1) is 9.79. The molecule has 2 N–H and O–H groups in total. The minimum atomic E-state index is -0.639. The number of nitrogens with zero attached hydrogens (tertiary/aromatic N) is 1. The van der Waals surface area contributed by atoms with Gasteiger partial charge in [-0.3, -0.25) is 9.59 Å². The van der Waals surface area contributed by atoms with E-state index in [-0.39, 0.29) is 5.24 Å². The summed E-state index contributed by atoms with van der Waals surface area (Å²) in [6, 6.07) is 12.0. The summed E-state index contributed by atoms with van der Waals surface area (Å²) in [5.74, 6) is 0. The first-order valence-electron chi connectivity index (χ1n) is 6.68. The Hall–Kier alpha value is -1.14. The maximum Gasteiger partial charge on any atom is 0.278 e. The molecule has 0 aliphatic rings. The minimum absolute atomic E-state index is 0.213. The molecule has 6 heteroatoms. The molecule has 0 saturated heterocycles. The summed E-state index contributed by atoms with van der Waals surface area (Å²) in [6.45, 7) is 4.42. The molecule has 0 aliphatic heterocycles. The van der Waals surface area contributed by atoms with Crippen molar-refractivity contribution in [3.8, 4) is 0 Å². The van der Waals surface area contributed by atoms with Gasteiger partial charge in [-0.1, -0.05) is 94.8 Å². The summed E-state index contributed by atoms with van der Waals surface area (Å²) in [6.07, 6.45) is 4.08. The summed E-state index contributed by atoms with van der Waals surface area (Å²) < 4.78 is 0. The minimum Gasteiger partial charge on any atom is -0.361 e. The van der Waals surface area contributed by atoms with Gasteiger partial charge in [-0.15, -0.1) is 0 Å². The predicted molar refractivity (Wildman–Crippen MR) is 98.3 cm³/mol. The number of benzene rings is 1. The average Bonchev–Trinajstić information content (AvgIpc) is 2.42. The number of hydrogen-bond donors (Lipinski definition) is 3. The smallest absolute Gasteiger partial charge is 0.278 e. The van der Waals surface area contributed by atoms with Crippen LogP contribution in [0, 0.1) is 0 Å². The molecule has 1 aromatic rings. The molecule has 0 unspecified atom stereocenters. The summed E-state index contributed by atoms with van der Waals surface area (Å²) in [5.41, 5.74) is 4.34. The molecule has 4 nitrogen and oxygen atoms in total. The van der Waals surface area contributed by atoms with Gasteiger partial charge in [0.15, 0.2) is 0 Å². The van der Waals surface area contributed by atoms with Crippen LogP contribution in [0.1, 0.15) is 33.1 Å². The van der Waals surface area contributed by atoms with Crippen molar-refractivity contribution in [1.82, 2.24) is 4.90 Å². The van der Waals surface area contributed by atoms with Gasteiger partial charge in [0.05, 0.1) is 0 Å². The third-order valence-corrected chi connectivity index (χ3v) is 2.16. The standard InChI is InChI=1S/C6H6.C5H12.C3H7NOS.CH3NOS/c1-2-4-6-5-3-1;1-3-5-4-2;1-4(2)3(5)6;2-1(3)4/h1-6H;3-5H2,1-2H3;1-2H3,(H,5,6);(H3,2,3,4). The van der Waals surface area contributed by atoms with Gasteiger partial charge in [0.25, 0.3) is 10.5 Å². The van der Waals surface area contributed by atoms with E-state index in [1.54, 1.807) is 14.1 Å². The van der Waals surface area contributed by atoms with Crippen molar-refractivity contribution in [3.05, 3.63) is 36.4 Å². The number of carbonyl (C=O) groups excluding carboxylic acids is 2. The lowest BCUT2D eigenvalue weighted by Gasteiger charge is -2.01. The van der Waals surface area contributed by atoms with E-state index in [0.29, 0.717) is 0 Å². The van der Waals surface area contributed by atoms with Crippen LogP contribution in [0.3, 0.4) is 0 Å². The van der Waals surface area contributed by atoms with Crippen molar-refractivity contribution in [2.75, 3.05) is 14.1 Å². The van der Waals surface area contributed by atoms with Gasteiger partial charge in [0, 0.05) is 14.1 Å². The number of primary amides is 1. The fourth-order valence-electron chi connectivity index (χ4n) is 0.738. The number of thiol groups is 2. The maximum absolute atomic E-state index is 9.93. The van der Waals surface area contributed by atoms with Crippen molar-refractivity contribution in [3.63, 3.8) is 0 Å². The van der Waals surface area contributed by atoms with Crippen molar-refractivity contribution in [2.24, 2.45) is 5.73 Å². The molecule has 122 valence electrons. The highest BCUT2D eigenvalue weighted by Gasteiger charge is 1.89. The first kappa shape index (κ1) is 24.9. The third-order valence-electron chi connectivity index (χ3n) is 1.76. The molecule has 0 bridgehead atoms. The van der Waals surface area contributed by atoms with Crippen LogP contribution >= 0.6 is 25.3 Å². The molecule has 0 aliphatic carbocycles. The molecule has 1 aromatic carbocycles. The molecule has 1 rings (SSSR count). The van der Waals surface area contributed by atoms with Gasteiger partial charge in [-0.25, -0.2) is 0 Å². The normalized spacial score (nSPS) is 7.71. The van der Waals surface area contributed by atoms with Crippen LogP contribution in [0.15, 0.2) is 36.4 Å². The second-order valence-corrected chi connectivity index (χ2v) is 4.85. The Balaban J connectivity index is -0.000000209. The van der Waals surface area contributed by atoms with Gasteiger partial charge in [-0.2, -0.15) is 0 Å². The Labute approximate surface area is 139 Å². The molecule has 0 spiro atoms. The van der Waals surface area contributed by atoms with Crippen LogP contribution in [-0.4, -0.2) is 29.5 Å². The first-order valence-corrected chi connectivity index (χ1v) is 7.57. The number of carbonyl (C=O) groups is 2. The van der Waals surface area contributed by atoms with E-state index in [1.807, 2.05) is 36.4 Å². The summed E-state index contributed by atoms with van der Waals surface area (Å²) >= 11 is 6.58. The summed E-state index contributed by atoms with van der Waals surface area (Å²) in [4.78, 5) is 20.4. The van der Waals surface area contributed by atoms with E-state index in [1.165, 1.54) is 24.2 Å². The topological polar surface area (TPSA) is 63.4 Å². The highest BCUT2D eigenvalue weighted by Crippen LogP contribution is 1.88. The van der Waals surface area contributed by atoms with Crippen molar-refractivity contribution < 1.29 is 9.59 Å². The summed E-state index contributed by atoms with van der Waals surface area (Å²) in [7, 11) is 3.30. The van der Waals surface area contributed by atoms with Crippen LogP contribution in [0.25, 0.3) is 0 Å². The lowest BCUT2D eigenvalue weighted by Crippen LogP contribution is -2.13. The largest absolute Gasteiger partial charge is 0.361 e. The van der Waals surface area contributed by atoms with Crippen molar-refractivity contribution in [2.45, 2.75) is 33.1 Å². The Morgan fingerprint density at radius 2 is 1.10 bits per heavy atom. The van der Waals surface area contributed by atoms with Crippen molar-refractivity contribution >= 4 is 35.7 Å². The van der Waals surface area contributed by atoms with Gasteiger partial charge in [0.1, 0.15) is 0 Å². The zero-order valence-corrected chi connectivity index (χ0v) is 15.1. The quantitative estimate of drug-likeness (QED) is 0.699. The zero-order valence-electron chi connectivity index (χ0n) is 13.3. The second kappa shape index (κ2) is 21.2. The van der Waals surface area contributed by atoms with Crippen LogP contribution in [0.5, 0.6) is 0 Å². The van der Waals surface area contributed by atoms with E-state index >= 15 is 0 Å². The van der Waals surface area contributed by atoms with Gasteiger partial charge >= 0.3 is 0 Å². The van der Waals surface area contributed by atoms with E-state index in [4.69, 9.17) is 4.79 Å². The molecule has 0 heterocycles. The monoisotopic (exact) mass is 332 g/mol. The van der Waals surface area contributed by atoms with Crippen LogP contribution in [-0.2, 0) is 0 Å². The molecular formula is C15H28N2O2S2. The molecule has 21 heavy (non-hydrogen) atoms.